The summed E-state index contributed by atoms with van der Waals surface area (Å²) < 4.78 is 27.2. The number of hydrogen-bond acceptors (Lipinski definition) is 3. The Hall–Kier alpha value is -3.12. The van der Waals surface area contributed by atoms with E-state index in [1.165, 1.54) is 19.2 Å². The number of sulfonamides is 1. The highest BCUT2D eigenvalue weighted by Crippen LogP contribution is 2.26. The molecular weight excluding hydrogens is 396 g/mol. The van der Waals surface area contributed by atoms with Crippen molar-refractivity contribution >= 4 is 21.6 Å². The quantitative estimate of drug-likeness (QED) is 0.619. The van der Waals surface area contributed by atoms with E-state index in [1.807, 2.05) is 44.2 Å². The summed E-state index contributed by atoms with van der Waals surface area (Å²) in [6.45, 7) is 3.90. The predicted molar refractivity (Wildman–Crippen MR) is 120 cm³/mol. The molecule has 5 nitrogen and oxygen atoms in total. The monoisotopic (exact) mass is 422 g/mol. The Morgan fingerprint density at radius 1 is 0.867 bits per heavy atom. The maximum Gasteiger partial charge on any atom is 0.264 e. The van der Waals surface area contributed by atoms with E-state index in [-0.39, 0.29) is 10.8 Å². The third kappa shape index (κ3) is 4.89. The van der Waals surface area contributed by atoms with E-state index in [0.29, 0.717) is 17.7 Å². The first-order chi connectivity index (χ1) is 14.2. The summed E-state index contributed by atoms with van der Waals surface area (Å²) in [4.78, 5) is 13.3. The number of hydrogen-bond donors (Lipinski definition) is 1. The molecule has 3 aromatic carbocycles. The average Bonchev–Trinajstić information content (AvgIpc) is 2.73. The topological polar surface area (TPSA) is 66.5 Å². The first kappa shape index (κ1) is 21.6. The fourth-order valence-electron chi connectivity index (χ4n) is 3.35. The van der Waals surface area contributed by atoms with Crippen LogP contribution in [0.1, 0.15) is 29.8 Å². The first-order valence-electron chi connectivity index (χ1n) is 9.70. The zero-order valence-electron chi connectivity index (χ0n) is 17.4. The Morgan fingerprint density at radius 3 is 2.03 bits per heavy atom. The minimum absolute atomic E-state index is 0.173. The molecule has 0 aromatic heterocycles. The Kier molecular flexibility index (Phi) is 6.27. The Morgan fingerprint density at radius 2 is 1.40 bits per heavy atom. The van der Waals surface area contributed by atoms with Gasteiger partial charge in [0.1, 0.15) is 0 Å². The van der Waals surface area contributed by atoms with Gasteiger partial charge in [-0.3, -0.25) is 9.10 Å². The molecule has 0 radical (unpaired) electrons. The molecule has 3 aromatic rings. The number of para-hydroxylation sites is 1. The lowest BCUT2D eigenvalue weighted by Gasteiger charge is -2.28. The van der Waals surface area contributed by atoms with Gasteiger partial charge in [0.15, 0.2) is 0 Å². The molecule has 0 unspecified atom stereocenters. The van der Waals surface area contributed by atoms with Crippen LogP contribution in [0.15, 0.2) is 89.8 Å². The molecule has 0 atom stereocenters. The summed E-state index contributed by atoms with van der Waals surface area (Å²) in [6, 6.07) is 24.8. The molecule has 0 heterocycles. The maximum atomic E-state index is 13.1. The molecule has 6 heteroatoms. The van der Waals surface area contributed by atoms with Crippen molar-refractivity contribution in [2.24, 2.45) is 0 Å². The van der Waals surface area contributed by atoms with E-state index in [1.54, 1.807) is 42.5 Å². The van der Waals surface area contributed by atoms with Gasteiger partial charge in [0, 0.05) is 12.6 Å². The minimum atomic E-state index is -3.79. The molecule has 30 heavy (non-hydrogen) atoms. The molecule has 0 saturated carbocycles. The van der Waals surface area contributed by atoms with Gasteiger partial charge >= 0.3 is 0 Å². The number of nitrogens with one attached hydrogen (secondary N) is 1. The fourth-order valence-corrected chi connectivity index (χ4v) is 4.58. The number of amides is 1. The van der Waals surface area contributed by atoms with Crippen molar-refractivity contribution in [3.63, 3.8) is 0 Å². The van der Waals surface area contributed by atoms with Gasteiger partial charge in [0.2, 0.25) is 0 Å². The van der Waals surface area contributed by atoms with E-state index in [4.69, 9.17) is 0 Å². The van der Waals surface area contributed by atoms with Gasteiger partial charge < -0.3 is 5.32 Å². The molecule has 0 spiro atoms. The second-order valence-corrected chi connectivity index (χ2v) is 9.77. The maximum absolute atomic E-state index is 13.1. The molecule has 0 aliphatic rings. The zero-order valence-corrected chi connectivity index (χ0v) is 18.2. The summed E-state index contributed by atoms with van der Waals surface area (Å²) in [5, 5.41) is 3.05. The van der Waals surface area contributed by atoms with Gasteiger partial charge in [-0.2, -0.15) is 0 Å². The van der Waals surface area contributed by atoms with Crippen LogP contribution in [0.5, 0.6) is 0 Å². The fraction of sp³-hybridized carbons (Fsp3) is 0.208. The Bertz CT molecular complexity index is 1110. The van der Waals surface area contributed by atoms with Crippen molar-refractivity contribution in [2.45, 2.75) is 30.7 Å². The van der Waals surface area contributed by atoms with Crippen LogP contribution in [-0.2, 0) is 16.4 Å². The van der Waals surface area contributed by atoms with Gasteiger partial charge in [-0.15, -0.1) is 0 Å². The molecule has 1 amide bonds. The van der Waals surface area contributed by atoms with Crippen LogP contribution < -0.4 is 9.62 Å². The van der Waals surface area contributed by atoms with Crippen molar-refractivity contribution in [1.29, 1.82) is 0 Å². The third-order valence-electron chi connectivity index (χ3n) is 4.83. The molecule has 3 rings (SSSR count). The number of anilines is 1. The molecule has 156 valence electrons. The van der Waals surface area contributed by atoms with Gasteiger partial charge in [-0.1, -0.05) is 60.7 Å². The van der Waals surface area contributed by atoms with Crippen LogP contribution in [0, 0.1) is 0 Å². The van der Waals surface area contributed by atoms with E-state index in [0.717, 1.165) is 9.87 Å². The van der Waals surface area contributed by atoms with E-state index < -0.39 is 15.6 Å². The summed E-state index contributed by atoms with van der Waals surface area (Å²) >= 11 is 0. The van der Waals surface area contributed by atoms with Crippen LogP contribution in [0.3, 0.4) is 0 Å². The highest BCUT2D eigenvalue weighted by atomic mass is 32.2. The average molecular weight is 423 g/mol. The van der Waals surface area contributed by atoms with E-state index >= 15 is 0 Å². The summed E-state index contributed by atoms with van der Waals surface area (Å²) in [6.07, 6.45) is 0.653. The lowest BCUT2D eigenvalue weighted by Crippen LogP contribution is -2.45. The lowest BCUT2D eigenvalue weighted by atomic mass is 9.94. The van der Waals surface area contributed by atoms with Crippen molar-refractivity contribution in [3.05, 3.63) is 96.1 Å². The standard InChI is InChI=1S/C24H26N2O3S/c1-24(2,18-19-12-6-4-7-13-19)25-23(27)21-16-10-11-17-22(21)26(3)30(28,29)20-14-8-5-9-15-20/h4-17H,18H2,1-3H3,(H,25,27). The first-order valence-corrected chi connectivity index (χ1v) is 11.1. The zero-order chi connectivity index (χ0) is 21.8. The van der Waals surface area contributed by atoms with Crippen LogP contribution >= 0.6 is 0 Å². The smallest absolute Gasteiger partial charge is 0.264 e. The molecule has 0 saturated heterocycles. The van der Waals surface area contributed by atoms with Gasteiger partial charge in [0.25, 0.3) is 15.9 Å². The van der Waals surface area contributed by atoms with Crippen LogP contribution in [0.25, 0.3) is 0 Å². The minimum Gasteiger partial charge on any atom is -0.347 e. The highest BCUT2D eigenvalue weighted by Gasteiger charge is 2.27. The van der Waals surface area contributed by atoms with Crippen molar-refractivity contribution in [1.82, 2.24) is 5.32 Å². The Labute approximate surface area is 178 Å². The van der Waals surface area contributed by atoms with Gasteiger partial charge in [-0.05, 0) is 50.1 Å². The molecular formula is C24H26N2O3S. The molecule has 0 bridgehead atoms. The highest BCUT2D eigenvalue weighted by molar-refractivity contribution is 7.92. The molecule has 0 aliphatic heterocycles. The van der Waals surface area contributed by atoms with Gasteiger partial charge in [-0.25, -0.2) is 8.42 Å². The van der Waals surface area contributed by atoms with Crippen molar-refractivity contribution < 1.29 is 13.2 Å². The van der Waals surface area contributed by atoms with E-state index in [2.05, 4.69) is 5.32 Å². The largest absolute Gasteiger partial charge is 0.347 e. The third-order valence-corrected chi connectivity index (χ3v) is 6.62. The SMILES string of the molecule is CN(c1ccccc1C(=O)NC(C)(C)Cc1ccccc1)S(=O)(=O)c1ccccc1. The number of carbonyl (C=O) groups is 1. The second-order valence-electron chi connectivity index (χ2n) is 7.80. The second kappa shape index (κ2) is 8.71. The normalized spacial score (nSPS) is 11.7. The molecule has 0 fully saturated rings. The van der Waals surface area contributed by atoms with Gasteiger partial charge in [0.05, 0.1) is 16.1 Å². The molecule has 1 N–H and O–H groups in total. The number of nitrogens with zero attached hydrogens (tertiary/aromatic N) is 1. The summed E-state index contributed by atoms with van der Waals surface area (Å²) in [5.74, 6) is -0.318. The van der Waals surface area contributed by atoms with Crippen LogP contribution in [0.4, 0.5) is 5.69 Å². The summed E-state index contributed by atoms with van der Waals surface area (Å²) in [7, 11) is -2.33. The predicted octanol–water partition coefficient (Wildman–Crippen LogP) is 4.26. The Balaban J connectivity index is 1.86. The lowest BCUT2D eigenvalue weighted by molar-refractivity contribution is 0.0913. The number of carbonyl (C=O) groups excluding carboxylic acids is 1. The van der Waals surface area contributed by atoms with Crippen molar-refractivity contribution in [3.8, 4) is 0 Å². The van der Waals surface area contributed by atoms with E-state index in [9.17, 15) is 13.2 Å². The molecule has 0 aliphatic carbocycles. The number of benzene rings is 3. The van der Waals surface area contributed by atoms with Crippen LogP contribution in [0.2, 0.25) is 0 Å². The number of rotatable bonds is 7. The summed E-state index contributed by atoms with van der Waals surface area (Å²) in [5.41, 5.74) is 1.23. The van der Waals surface area contributed by atoms with Crippen LogP contribution in [-0.4, -0.2) is 26.9 Å². The van der Waals surface area contributed by atoms with Crippen molar-refractivity contribution in [2.75, 3.05) is 11.4 Å².